The van der Waals surface area contributed by atoms with Crippen LogP contribution >= 0.6 is 0 Å². The van der Waals surface area contributed by atoms with E-state index in [1.165, 1.54) is 12.1 Å². The molecule has 4 rings (SSSR count). The number of aliphatic hydroxyl groups excluding tert-OH is 1. The van der Waals surface area contributed by atoms with E-state index in [2.05, 4.69) is 28.4 Å². The molecule has 2 atom stereocenters. The van der Waals surface area contributed by atoms with Crippen molar-refractivity contribution in [2.75, 3.05) is 12.3 Å². The summed E-state index contributed by atoms with van der Waals surface area (Å²) in [6.07, 6.45) is 8.15. The van der Waals surface area contributed by atoms with E-state index in [9.17, 15) is 9.90 Å². The van der Waals surface area contributed by atoms with Gasteiger partial charge in [-0.2, -0.15) is 5.10 Å². The lowest BCUT2D eigenvalue weighted by Gasteiger charge is -2.25. The van der Waals surface area contributed by atoms with Gasteiger partial charge in [-0.05, 0) is 54.7 Å². The first-order valence-electron chi connectivity index (χ1n) is 11.1. The van der Waals surface area contributed by atoms with Crippen LogP contribution in [0.15, 0.2) is 66.0 Å². The molecule has 34 heavy (non-hydrogen) atoms. The van der Waals surface area contributed by atoms with Crippen LogP contribution in [0.4, 0.5) is 10.2 Å². The molecule has 4 N–H and O–H groups in total. The number of nitrogens with one attached hydrogen (secondary N) is 1. The van der Waals surface area contributed by atoms with Crippen LogP contribution in [0, 0.1) is 11.7 Å². The lowest BCUT2D eigenvalue weighted by Crippen LogP contribution is -2.40. The molecule has 0 radical (unpaired) electrons. The minimum atomic E-state index is -0.681. The Kier molecular flexibility index (Phi) is 6.61. The quantitative estimate of drug-likeness (QED) is 0.517. The number of allylic oxidation sites excluding steroid dienone is 3. The lowest BCUT2D eigenvalue weighted by atomic mass is 9.88. The molecule has 176 valence electrons. The summed E-state index contributed by atoms with van der Waals surface area (Å²) in [5.41, 5.74) is 10.7. The highest BCUT2D eigenvalue weighted by Crippen LogP contribution is 2.31. The molecule has 0 saturated carbocycles. The first-order chi connectivity index (χ1) is 16.3. The molecule has 1 aromatic carbocycles. The normalized spacial score (nSPS) is 16.6. The number of carbonyl (C=O) groups is 1. The first kappa shape index (κ1) is 23.4. The third kappa shape index (κ3) is 4.77. The van der Waals surface area contributed by atoms with Crippen LogP contribution in [0.5, 0.6) is 0 Å². The number of amides is 1. The van der Waals surface area contributed by atoms with Crippen LogP contribution in [-0.2, 0) is 7.05 Å². The Hall–Kier alpha value is -3.78. The number of aryl methyl sites for hydroxylation is 1. The van der Waals surface area contributed by atoms with Gasteiger partial charge >= 0.3 is 0 Å². The first-order valence-corrected chi connectivity index (χ1v) is 11.1. The maximum Gasteiger partial charge on any atom is 0.254 e. The fourth-order valence-corrected chi connectivity index (χ4v) is 4.38. The Morgan fingerprint density at radius 1 is 1.32 bits per heavy atom. The molecule has 0 fully saturated rings. The monoisotopic (exact) mass is 461 g/mol. The second-order valence-corrected chi connectivity index (χ2v) is 8.71. The number of anilines is 1. The lowest BCUT2D eigenvalue weighted by molar-refractivity contribution is 0.0921. The number of benzene rings is 1. The maximum atomic E-state index is 15.1. The average Bonchev–Trinajstić information content (AvgIpc) is 3.22. The Labute approximate surface area is 197 Å². The highest BCUT2D eigenvalue weighted by atomic mass is 19.1. The minimum absolute atomic E-state index is 0.103. The van der Waals surface area contributed by atoms with Gasteiger partial charge in [-0.1, -0.05) is 30.7 Å². The van der Waals surface area contributed by atoms with E-state index in [1.807, 2.05) is 32.2 Å². The molecule has 0 aliphatic heterocycles. The van der Waals surface area contributed by atoms with E-state index in [0.717, 1.165) is 28.8 Å². The minimum Gasteiger partial charge on any atom is -0.394 e. The molecular weight excluding hydrogens is 433 g/mol. The predicted molar refractivity (Wildman–Crippen MR) is 130 cm³/mol. The summed E-state index contributed by atoms with van der Waals surface area (Å²) >= 11 is 0. The van der Waals surface area contributed by atoms with Crippen molar-refractivity contribution in [1.29, 1.82) is 0 Å². The van der Waals surface area contributed by atoms with Gasteiger partial charge < -0.3 is 16.2 Å². The van der Waals surface area contributed by atoms with E-state index in [0.29, 0.717) is 17.0 Å². The number of aromatic nitrogens is 3. The number of aliphatic hydroxyl groups is 1. The molecule has 0 spiro atoms. The SMILES string of the molecule is CC1=CC(C)CC([C@@H](CO)NC(=O)c2ccc(-c3cc(-c4ccnn4C)cnc3N)cc2F)=C1. The molecule has 1 aliphatic carbocycles. The smallest absolute Gasteiger partial charge is 0.254 e. The van der Waals surface area contributed by atoms with Gasteiger partial charge in [0.1, 0.15) is 11.6 Å². The summed E-state index contributed by atoms with van der Waals surface area (Å²) in [5, 5.41) is 16.8. The van der Waals surface area contributed by atoms with Gasteiger partial charge in [-0.3, -0.25) is 9.48 Å². The number of nitrogens with two attached hydrogens (primary N) is 1. The summed E-state index contributed by atoms with van der Waals surface area (Å²) in [7, 11) is 1.82. The van der Waals surface area contributed by atoms with Gasteiger partial charge in [0.05, 0.1) is 23.9 Å². The molecule has 1 amide bonds. The van der Waals surface area contributed by atoms with Crippen molar-refractivity contribution in [1.82, 2.24) is 20.1 Å². The second-order valence-electron chi connectivity index (χ2n) is 8.71. The number of pyridine rings is 1. The van der Waals surface area contributed by atoms with Gasteiger partial charge in [0.25, 0.3) is 5.91 Å². The number of hydrogen-bond acceptors (Lipinski definition) is 5. The molecule has 8 heteroatoms. The molecule has 2 heterocycles. The van der Waals surface area contributed by atoms with Gasteiger partial charge in [-0.15, -0.1) is 0 Å². The molecule has 0 saturated heterocycles. The summed E-state index contributed by atoms with van der Waals surface area (Å²) in [4.78, 5) is 17.1. The number of nitrogens with zero attached hydrogens (tertiary/aromatic N) is 3. The van der Waals surface area contributed by atoms with Crippen LogP contribution in [-0.4, -0.2) is 38.4 Å². The number of halogens is 1. The van der Waals surface area contributed by atoms with Crippen molar-refractivity contribution >= 4 is 11.7 Å². The summed E-state index contributed by atoms with van der Waals surface area (Å²) < 4.78 is 16.8. The zero-order chi connectivity index (χ0) is 24.4. The van der Waals surface area contributed by atoms with Crippen LogP contribution < -0.4 is 11.1 Å². The van der Waals surface area contributed by atoms with Gasteiger partial charge in [0.15, 0.2) is 0 Å². The Morgan fingerprint density at radius 2 is 2.12 bits per heavy atom. The third-order valence-corrected chi connectivity index (χ3v) is 6.01. The summed E-state index contributed by atoms with van der Waals surface area (Å²) in [6, 6.07) is 7.44. The van der Waals surface area contributed by atoms with E-state index < -0.39 is 17.8 Å². The van der Waals surface area contributed by atoms with Crippen LogP contribution in [0.3, 0.4) is 0 Å². The second kappa shape index (κ2) is 9.61. The predicted octanol–water partition coefficient (Wildman–Crippen LogP) is 3.87. The molecule has 1 aliphatic rings. The highest BCUT2D eigenvalue weighted by Gasteiger charge is 2.23. The van der Waals surface area contributed by atoms with Gasteiger partial charge in [0, 0.05) is 30.6 Å². The summed E-state index contributed by atoms with van der Waals surface area (Å²) in [6.45, 7) is 3.80. The van der Waals surface area contributed by atoms with Gasteiger partial charge in [-0.25, -0.2) is 9.37 Å². The number of nitrogen functional groups attached to an aromatic ring is 1. The standard InChI is InChI=1S/C26H28FN5O2/c1-15-8-16(2)10-18(9-15)23(14-33)31-26(34)20-5-4-17(12-22(20)27)21-11-19(13-29-25(21)28)24-6-7-30-32(24)3/h4-9,11-13,16,23,33H,10,14H2,1-3H3,(H2,28,29)(H,31,34)/t16?,23-/m1/s1. The maximum absolute atomic E-state index is 15.1. The van der Waals surface area contributed by atoms with Crippen molar-refractivity contribution in [3.63, 3.8) is 0 Å². The highest BCUT2D eigenvalue weighted by molar-refractivity contribution is 5.95. The summed E-state index contributed by atoms with van der Waals surface area (Å²) in [5.74, 6) is -0.703. The number of hydrogen-bond donors (Lipinski definition) is 3. The van der Waals surface area contributed by atoms with E-state index in [4.69, 9.17) is 5.73 Å². The van der Waals surface area contributed by atoms with Crippen molar-refractivity contribution in [2.24, 2.45) is 13.0 Å². The molecule has 2 aromatic heterocycles. The van der Waals surface area contributed by atoms with Crippen molar-refractivity contribution < 1.29 is 14.3 Å². The zero-order valence-corrected chi connectivity index (χ0v) is 19.4. The Bertz CT molecular complexity index is 1290. The third-order valence-electron chi connectivity index (χ3n) is 6.01. The van der Waals surface area contributed by atoms with Crippen LogP contribution in [0.1, 0.15) is 30.6 Å². The van der Waals surface area contributed by atoms with Crippen molar-refractivity contribution in [3.8, 4) is 22.4 Å². The molecule has 3 aromatic rings. The molecule has 0 bridgehead atoms. The Morgan fingerprint density at radius 3 is 2.76 bits per heavy atom. The molecule has 1 unspecified atom stereocenters. The average molecular weight is 462 g/mol. The van der Waals surface area contributed by atoms with Crippen LogP contribution in [0.25, 0.3) is 22.4 Å². The fraction of sp³-hybridized carbons (Fsp3) is 0.269. The molecular formula is C26H28FN5O2. The van der Waals surface area contributed by atoms with Crippen molar-refractivity contribution in [3.05, 3.63) is 77.4 Å². The van der Waals surface area contributed by atoms with Gasteiger partial charge in [0.2, 0.25) is 0 Å². The molecule has 7 nitrogen and oxygen atoms in total. The number of rotatable bonds is 6. The Balaban J connectivity index is 1.59. The zero-order valence-electron chi connectivity index (χ0n) is 19.4. The fourth-order valence-electron chi connectivity index (χ4n) is 4.38. The van der Waals surface area contributed by atoms with Crippen molar-refractivity contribution in [2.45, 2.75) is 26.3 Å². The van der Waals surface area contributed by atoms with E-state index in [1.54, 1.807) is 23.1 Å². The number of carbonyl (C=O) groups excluding carboxylic acids is 1. The van der Waals surface area contributed by atoms with E-state index >= 15 is 4.39 Å². The largest absolute Gasteiger partial charge is 0.394 e. The van der Waals surface area contributed by atoms with E-state index in [-0.39, 0.29) is 18.0 Å². The topological polar surface area (TPSA) is 106 Å². The van der Waals surface area contributed by atoms with Crippen LogP contribution in [0.2, 0.25) is 0 Å².